The van der Waals surface area contributed by atoms with Crippen molar-refractivity contribution in [2.75, 3.05) is 14.2 Å². The molecule has 0 fully saturated rings. The zero-order chi connectivity index (χ0) is 9.56. The van der Waals surface area contributed by atoms with Crippen LogP contribution in [-0.4, -0.2) is 25.3 Å². The highest BCUT2D eigenvalue weighted by atomic mass is 16.6. The van der Waals surface area contributed by atoms with Gasteiger partial charge in [0.2, 0.25) is 5.39 Å². The third kappa shape index (κ3) is 2.88. The van der Waals surface area contributed by atoms with Gasteiger partial charge in [0.15, 0.2) is 11.4 Å². The van der Waals surface area contributed by atoms with Gasteiger partial charge in [0.1, 0.15) is 0 Å². The van der Waals surface area contributed by atoms with E-state index >= 15 is 0 Å². The Kier molecular flexibility index (Phi) is 4.23. The molecule has 1 N–H and O–H groups in total. The Bertz CT molecular complexity index is 240. The van der Waals surface area contributed by atoms with Gasteiger partial charge in [-0.15, -0.1) is 0 Å². The summed E-state index contributed by atoms with van der Waals surface area (Å²) >= 11 is 0. The van der Waals surface area contributed by atoms with Gasteiger partial charge in [-0.25, -0.2) is 0 Å². The summed E-state index contributed by atoms with van der Waals surface area (Å²) in [5.74, 6) is -1.24. The van der Waals surface area contributed by atoms with Gasteiger partial charge in [-0.2, -0.15) is 0 Å². The van der Waals surface area contributed by atoms with Crippen LogP contribution >= 0.6 is 0 Å². The number of carbonyl (C=O) groups is 1. The van der Waals surface area contributed by atoms with E-state index in [2.05, 4.69) is 14.4 Å². The standard InChI is InChI=1S/C6H8N2O4/c1-11-5(9)3-4(8-7)6(10)12-2/h3H2,1-2H3/p+1/b6-4-. The predicted molar refractivity (Wildman–Crippen MR) is 38.4 cm³/mol. The fraction of sp³-hybridized carbons (Fsp3) is 0.500. The van der Waals surface area contributed by atoms with Crippen LogP contribution in [0.1, 0.15) is 6.42 Å². The van der Waals surface area contributed by atoms with E-state index in [1.807, 2.05) is 0 Å². The molecule has 66 valence electrons. The number of diazo groups is 1. The van der Waals surface area contributed by atoms with Crippen LogP contribution in [0.2, 0.25) is 0 Å². The summed E-state index contributed by atoms with van der Waals surface area (Å²) in [6.07, 6.45) is -0.341. The molecule has 0 amide bonds. The summed E-state index contributed by atoms with van der Waals surface area (Å²) in [4.78, 5) is 13.3. The Balaban J connectivity index is 4.40. The van der Waals surface area contributed by atoms with Gasteiger partial charge in [-0.05, 0) is 0 Å². The lowest BCUT2D eigenvalue weighted by Crippen LogP contribution is -2.02. The number of nitrogens with zero attached hydrogens (tertiary/aromatic N) is 2. The molecule has 0 saturated heterocycles. The zero-order valence-electron chi connectivity index (χ0n) is 6.77. The van der Waals surface area contributed by atoms with Gasteiger partial charge in [0.25, 0.3) is 0 Å². The van der Waals surface area contributed by atoms with Gasteiger partial charge < -0.3 is 14.6 Å². The van der Waals surface area contributed by atoms with Gasteiger partial charge in [0, 0.05) is 0 Å². The van der Waals surface area contributed by atoms with E-state index in [1.165, 1.54) is 14.2 Å². The summed E-state index contributed by atoms with van der Waals surface area (Å²) < 4.78 is 8.59. The van der Waals surface area contributed by atoms with Crippen LogP contribution in [0.5, 0.6) is 0 Å². The quantitative estimate of drug-likeness (QED) is 0.387. The van der Waals surface area contributed by atoms with E-state index in [0.29, 0.717) is 0 Å². The lowest BCUT2D eigenvalue weighted by molar-refractivity contribution is -0.139. The molecule has 0 aliphatic heterocycles. The number of rotatable bonds is 3. The van der Waals surface area contributed by atoms with E-state index in [9.17, 15) is 4.79 Å². The van der Waals surface area contributed by atoms with E-state index < -0.39 is 11.9 Å². The smallest absolute Gasteiger partial charge is 0.451 e. The molecular weight excluding hydrogens is 164 g/mol. The second-order valence-corrected chi connectivity index (χ2v) is 1.81. The molecule has 0 aliphatic carbocycles. The second kappa shape index (κ2) is 4.96. The maximum absolute atomic E-state index is 10.6. The third-order valence-corrected chi connectivity index (χ3v) is 1.10. The molecule has 12 heavy (non-hydrogen) atoms. The van der Waals surface area contributed by atoms with E-state index in [1.54, 1.807) is 0 Å². The van der Waals surface area contributed by atoms with Crippen LogP contribution in [0.4, 0.5) is 0 Å². The maximum Gasteiger partial charge on any atom is 0.451 e. The zero-order valence-corrected chi connectivity index (χ0v) is 6.77. The minimum Gasteiger partial charge on any atom is -0.475 e. The van der Waals surface area contributed by atoms with Crippen molar-refractivity contribution in [1.82, 2.24) is 0 Å². The molecular formula is C6H9N2O4+. The number of ether oxygens (including phenoxy) is 2. The fourth-order valence-corrected chi connectivity index (χ4v) is 0.480. The number of aliphatic hydroxyl groups excluding tert-OH is 1. The molecule has 0 aromatic rings. The van der Waals surface area contributed by atoms with Crippen LogP contribution in [0.15, 0.2) is 11.6 Å². The summed E-state index contributed by atoms with van der Waals surface area (Å²) in [6.45, 7) is 0. The molecule has 0 rings (SSSR count). The normalized spacial score (nSPS) is 11.1. The van der Waals surface area contributed by atoms with Crippen LogP contribution in [0.25, 0.3) is 4.98 Å². The average molecular weight is 173 g/mol. The number of hydrogen-bond donors (Lipinski definition) is 1. The molecule has 0 unspecified atom stereocenters. The molecule has 6 heteroatoms. The topological polar surface area (TPSA) is 83.9 Å². The van der Waals surface area contributed by atoms with Crippen molar-refractivity contribution in [3.05, 3.63) is 16.6 Å². The summed E-state index contributed by atoms with van der Waals surface area (Å²) in [7, 11) is 2.36. The van der Waals surface area contributed by atoms with Gasteiger partial charge in [-0.3, -0.25) is 4.79 Å². The molecule has 0 aliphatic rings. The first-order chi connectivity index (χ1) is 5.65. The van der Waals surface area contributed by atoms with Crippen molar-refractivity contribution in [3.8, 4) is 0 Å². The van der Waals surface area contributed by atoms with E-state index in [-0.39, 0.29) is 12.1 Å². The first kappa shape index (κ1) is 10.2. The van der Waals surface area contributed by atoms with Gasteiger partial charge >= 0.3 is 17.6 Å². The first-order valence-corrected chi connectivity index (χ1v) is 3.03. The minimum atomic E-state index is -0.633. The van der Waals surface area contributed by atoms with Crippen LogP contribution in [0.3, 0.4) is 0 Å². The second-order valence-electron chi connectivity index (χ2n) is 1.81. The van der Waals surface area contributed by atoms with Gasteiger partial charge in [0.05, 0.1) is 14.2 Å². The lowest BCUT2D eigenvalue weighted by Gasteiger charge is -1.93. The fourth-order valence-electron chi connectivity index (χ4n) is 0.480. The van der Waals surface area contributed by atoms with E-state index in [0.717, 1.165) is 0 Å². The van der Waals surface area contributed by atoms with Crippen LogP contribution in [-0.2, 0) is 14.3 Å². The van der Waals surface area contributed by atoms with Crippen molar-refractivity contribution in [2.45, 2.75) is 6.42 Å². The lowest BCUT2D eigenvalue weighted by atomic mass is 10.3. The number of carbonyl (C=O) groups excluding carboxylic acids is 1. The minimum absolute atomic E-state index is 0.274. The molecule has 0 spiro atoms. The highest BCUT2D eigenvalue weighted by molar-refractivity contribution is 5.72. The largest absolute Gasteiger partial charge is 0.475 e. The highest BCUT2D eigenvalue weighted by Crippen LogP contribution is 2.09. The molecule has 0 atom stereocenters. The summed E-state index contributed by atoms with van der Waals surface area (Å²) in [5.41, 5.74) is -0.274. The Morgan fingerprint density at radius 3 is 2.42 bits per heavy atom. The van der Waals surface area contributed by atoms with Crippen molar-refractivity contribution < 1.29 is 19.4 Å². The number of esters is 1. The van der Waals surface area contributed by atoms with Crippen molar-refractivity contribution in [2.24, 2.45) is 0 Å². The molecule has 6 nitrogen and oxygen atoms in total. The van der Waals surface area contributed by atoms with E-state index in [4.69, 9.17) is 10.5 Å². The number of aliphatic hydroxyl groups is 1. The van der Waals surface area contributed by atoms with Crippen LogP contribution in [0, 0.1) is 5.39 Å². The van der Waals surface area contributed by atoms with Gasteiger partial charge in [-0.1, -0.05) is 0 Å². The monoisotopic (exact) mass is 173 g/mol. The molecule has 0 bridgehead atoms. The van der Waals surface area contributed by atoms with Crippen molar-refractivity contribution >= 4 is 5.97 Å². The molecule has 0 aromatic carbocycles. The predicted octanol–water partition coefficient (Wildman–Crippen LogP) is 0.776. The Labute approximate surface area is 69.0 Å². The Morgan fingerprint density at radius 1 is 1.50 bits per heavy atom. The van der Waals surface area contributed by atoms with Crippen molar-refractivity contribution in [1.29, 1.82) is 5.39 Å². The highest BCUT2D eigenvalue weighted by Gasteiger charge is 2.24. The molecule has 0 radical (unpaired) electrons. The first-order valence-electron chi connectivity index (χ1n) is 3.03. The summed E-state index contributed by atoms with van der Waals surface area (Å²) in [5, 5.41) is 17.1. The Hall–Kier alpha value is -1.77. The Morgan fingerprint density at radius 2 is 2.08 bits per heavy atom. The molecule has 0 saturated carbocycles. The molecule has 0 heterocycles. The van der Waals surface area contributed by atoms with Crippen LogP contribution < -0.4 is 0 Å². The maximum atomic E-state index is 10.6. The SMILES string of the molecule is COC(=O)C/C([N+]#N)=C(\O)OC. The summed E-state index contributed by atoms with van der Waals surface area (Å²) in [6, 6.07) is 0. The molecule has 0 aromatic heterocycles. The third-order valence-electron chi connectivity index (χ3n) is 1.10. The average Bonchev–Trinajstić information content (AvgIpc) is 2.12. The number of methoxy groups -OCH3 is 2. The number of hydrogen-bond acceptors (Lipinski definition) is 5. The van der Waals surface area contributed by atoms with Crippen molar-refractivity contribution in [3.63, 3.8) is 0 Å².